The number of benzene rings is 1. The summed E-state index contributed by atoms with van der Waals surface area (Å²) in [6.45, 7) is 5.47. The van der Waals surface area contributed by atoms with E-state index < -0.39 is 10.8 Å². The van der Waals surface area contributed by atoms with E-state index in [1.54, 1.807) is 6.26 Å². The summed E-state index contributed by atoms with van der Waals surface area (Å²) in [7, 11) is 1.41. The zero-order valence-electron chi connectivity index (χ0n) is 11.9. The summed E-state index contributed by atoms with van der Waals surface area (Å²) in [4.78, 5) is 2.31. The molecule has 0 fully saturated rings. The van der Waals surface area contributed by atoms with Gasteiger partial charge in [-0.25, -0.2) is 0 Å². The molecule has 0 heterocycles. The molecule has 18 heavy (non-hydrogen) atoms. The van der Waals surface area contributed by atoms with E-state index in [0.717, 1.165) is 18.7 Å². The van der Waals surface area contributed by atoms with Crippen LogP contribution in [0.25, 0.3) is 0 Å². The lowest BCUT2D eigenvalue weighted by atomic mass is 9.97. The summed E-state index contributed by atoms with van der Waals surface area (Å²) in [6, 6.07) is 11.0. The molecule has 0 aromatic heterocycles. The van der Waals surface area contributed by atoms with Crippen LogP contribution < -0.4 is 0 Å². The Hall–Kier alpha value is -0.670. The van der Waals surface area contributed by atoms with Gasteiger partial charge in [0.15, 0.2) is 0 Å². The van der Waals surface area contributed by atoms with Gasteiger partial charge in [0.1, 0.15) is 0 Å². The summed E-state index contributed by atoms with van der Waals surface area (Å²) in [5.74, 6) is 1.34. The van der Waals surface area contributed by atoms with Crippen molar-refractivity contribution >= 4 is 10.8 Å². The van der Waals surface area contributed by atoms with Gasteiger partial charge in [0.25, 0.3) is 0 Å². The summed E-state index contributed by atoms with van der Waals surface area (Å²) in [5, 5.41) is 0. The Bertz CT molecular complexity index is 366. The van der Waals surface area contributed by atoms with E-state index in [1.165, 1.54) is 5.56 Å². The zero-order chi connectivity index (χ0) is 13.5. The van der Waals surface area contributed by atoms with E-state index in [0.29, 0.717) is 12.0 Å². The van der Waals surface area contributed by atoms with Gasteiger partial charge in [-0.3, -0.25) is 4.21 Å². The Morgan fingerprint density at radius 1 is 1.22 bits per heavy atom. The average molecular weight is 267 g/mol. The van der Waals surface area contributed by atoms with Crippen LogP contribution in [0.3, 0.4) is 0 Å². The van der Waals surface area contributed by atoms with Crippen molar-refractivity contribution in [1.29, 1.82) is 0 Å². The molecule has 3 atom stereocenters. The molecule has 0 N–H and O–H groups in total. The highest BCUT2D eigenvalue weighted by atomic mass is 32.2. The molecule has 0 spiro atoms. The molecule has 0 aliphatic rings. The predicted molar refractivity (Wildman–Crippen MR) is 80.5 cm³/mol. The van der Waals surface area contributed by atoms with Gasteiger partial charge in [-0.1, -0.05) is 37.3 Å². The van der Waals surface area contributed by atoms with Crippen LogP contribution in [0.4, 0.5) is 0 Å². The van der Waals surface area contributed by atoms with Gasteiger partial charge in [-0.05, 0) is 38.4 Å². The first-order chi connectivity index (χ1) is 8.50. The van der Waals surface area contributed by atoms with Crippen molar-refractivity contribution in [2.75, 3.05) is 25.6 Å². The van der Waals surface area contributed by atoms with Gasteiger partial charge < -0.3 is 4.90 Å². The van der Waals surface area contributed by atoms with Crippen molar-refractivity contribution in [3.63, 3.8) is 0 Å². The maximum absolute atomic E-state index is 11.2. The molecule has 1 rings (SSSR count). The number of nitrogens with zero attached hydrogens (tertiary/aromatic N) is 1. The molecule has 3 heteroatoms. The van der Waals surface area contributed by atoms with E-state index in [9.17, 15) is 4.21 Å². The zero-order valence-corrected chi connectivity index (χ0v) is 12.7. The van der Waals surface area contributed by atoms with Crippen molar-refractivity contribution in [2.24, 2.45) is 0 Å². The van der Waals surface area contributed by atoms with Gasteiger partial charge in [-0.15, -0.1) is 0 Å². The van der Waals surface area contributed by atoms with Crippen molar-refractivity contribution in [3.8, 4) is 0 Å². The van der Waals surface area contributed by atoms with Crippen LogP contribution in [-0.4, -0.2) is 40.8 Å². The first-order valence-electron chi connectivity index (χ1n) is 6.56. The summed E-state index contributed by atoms with van der Waals surface area (Å²) >= 11 is 0. The van der Waals surface area contributed by atoms with E-state index in [2.05, 4.69) is 56.1 Å². The highest BCUT2D eigenvalue weighted by molar-refractivity contribution is 7.84. The topological polar surface area (TPSA) is 20.3 Å². The highest BCUT2D eigenvalue weighted by Gasteiger charge is 2.12. The Morgan fingerprint density at radius 2 is 1.83 bits per heavy atom. The monoisotopic (exact) mass is 267 g/mol. The second kappa shape index (κ2) is 7.70. The minimum absolute atomic E-state index is 0.388. The molecular weight excluding hydrogens is 242 g/mol. The van der Waals surface area contributed by atoms with Gasteiger partial charge in [0.05, 0.1) is 0 Å². The first-order valence-corrected chi connectivity index (χ1v) is 8.28. The van der Waals surface area contributed by atoms with Crippen molar-refractivity contribution in [1.82, 2.24) is 4.90 Å². The predicted octanol–water partition coefficient (Wildman–Crippen LogP) is 2.88. The molecule has 0 saturated heterocycles. The van der Waals surface area contributed by atoms with Crippen LogP contribution in [0.1, 0.15) is 31.7 Å². The number of hydrogen-bond acceptors (Lipinski definition) is 2. The Kier molecular flexibility index (Phi) is 6.58. The quantitative estimate of drug-likeness (QED) is 0.757. The SMILES string of the molecule is C[C@H](CCN(C)[C@@H](C)C[S@](C)=O)c1ccccc1. The average Bonchev–Trinajstić information content (AvgIpc) is 2.35. The van der Waals surface area contributed by atoms with Gasteiger partial charge in [0.2, 0.25) is 0 Å². The maximum atomic E-state index is 11.2. The Labute approximate surface area is 114 Å². The third-order valence-corrected chi connectivity index (χ3v) is 4.46. The highest BCUT2D eigenvalue weighted by Crippen LogP contribution is 2.18. The minimum atomic E-state index is -0.708. The van der Waals surface area contributed by atoms with E-state index in [1.807, 2.05) is 0 Å². The summed E-state index contributed by atoms with van der Waals surface area (Å²) in [6.07, 6.45) is 2.91. The second-order valence-corrected chi connectivity index (χ2v) is 6.65. The van der Waals surface area contributed by atoms with Crippen molar-refractivity contribution in [2.45, 2.75) is 32.2 Å². The van der Waals surface area contributed by atoms with E-state index in [-0.39, 0.29) is 0 Å². The van der Waals surface area contributed by atoms with Crippen molar-refractivity contribution in [3.05, 3.63) is 35.9 Å². The Balaban J connectivity index is 2.38. The smallest absolute Gasteiger partial charge is 0.0385 e. The third-order valence-electron chi connectivity index (χ3n) is 3.51. The second-order valence-electron chi connectivity index (χ2n) is 5.17. The number of hydrogen-bond donors (Lipinski definition) is 0. The molecule has 0 unspecified atom stereocenters. The van der Waals surface area contributed by atoms with Crippen LogP contribution in [0.2, 0.25) is 0 Å². The lowest BCUT2D eigenvalue weighted by Gasteiger charge is -2.25. The fourth-order valence-electron chi connectivity index (χ4n) is 2.03. The number of rotatable bonds is 7. The van der Waals surface area contributed by atoms with Crippen molar-refractivity contribution < 1.29 is 4.21 Å². The molecule has 0 saturated carbocycles. The molecular formula is C15H25NOS. The van der Waals surface area contributed by atoms with E-state index in [4.69, 9.17) is 0 Å². The Morgan fingerprint density at radius 3 is 2.39 bits per heavy atom. The van der Waals surface area contributed by atoms with E-state index >= 15 is 0 Å². The van der Waals surface area contributed by atoms with Crippen LogP contribution in [0, 0.1) is 0 Å². The molecule has 0 aliphatic heterocycles. The largest absolute Gasteiger partial charge is 0.303 e. The first kappa shape index (κ1) is 15.4. The minimum Gasteiger partial charge on any atom is -0.303 e. The normalized spacial score (nSPS) is 16.5. The third kappa shape index (κ3) is 5.32. The van der Waals surface area contributed by atoms with Crippen LogP contribution >= 0.6 is 0 Å². The molecule has 2 nitrogen and oxygen atoms in total. The molecule has 0 aliphatic carbocycles. The van der Waals surface area contributed by atoms with Gasteiger partial charge in [0, 0.05) is 28.9 Å². The lowest BCUT2D eigenvalue weighted by Crippen LogP contribution is -2.34. The molecule has 1 aromatic rings. The molecule has 0 amide bonds. The maximum Gasteiger partial charge on any atom is 0.0385 e. The summed E-state index contributed by atoms with van der Waals surface area (Å²) in [5.41, 5.74) is 1.40. The molecule has 0 bridgehead atoms. The molecule has 0 radical (unpaired) electrons. The standard InChI is InChI=1S/C15H25NOS/c1-13(15-8-6-5-7-9-15)10-11-16(3)14(2)12-18(4)17/h5-9,13-14H,10-12H2,1-4H3/t13-,14+,18+/m1/s1. The summed E-state index contributed by atoms with van der Waals surface area (Å²) < 4.78 is 11.2. The van der Waals surface area contributed by atoms with Crippen LogP contribution in [-0.2, 0) is 10.8 Å². The van der Waals surface area contributed by atoms with Gasteiger partial charge >= 0.3 is 0 Å². The lowest BCUT2D eigenvalue weighted by molar-refractivity contribution is 0.267. The fraction of sp³-hybridized carbons (Fsp3) is 0.600. The molecule has 102 valence electrons. The van der Waals surface area contributed by atoms with Crippen LogP contribution in [0.5, 0.6) is 0 Å². The van der Waals surface area contributed by atoms with Gasteiger partial charge in [-0.2, -0.15) is 0 Å². The fourth-order valence-corrected chi connectivity index (χ4v) is 2.97. The molecule has 1 aromatic carbocycles. The van der Waals surface area contributed by atoms with Crippen LogP contribution in [0.15, 0.2) is 30.3 Å².